The predicted octanol–water partition coefficient (Wildman–Crippen LogP) is 5.26. The van der Waals surface area contributed by atoms with E-state index in [1.807, 2.05) is 19.1 Å². The van der Waals surface area contributed by atoms with Crippen molar-refractivity contribution in [2.75, 3.05) is 10.2 Å². The summed E-state index contributed by atoms with van der Waals surface area (Å²) in [5.74, 6) is -3.89. The highest BCUT2D eigenvalue weighted by molar-refractivity contribution is 8.00. The van der Waals surface area contributed by atoms with Gasteiger partial charge >= 0.3 is 11.0 Å². The number of aromatic nitrogens is 1. The van der Waals surface area contributed by atoms with Crippen molar-refractivity contribution < 1.29 is 32.0 Å². The molecule has 1 fully saturated rings. The van der Waals surface area contributed by atoms with Crippen LogP contribution < -0.4 is 15.1 Å². The van der Waals surface area contributed by atoms with Crippen molar-refractivity contribution in [1.29, 1.82) is 0 Å². The van der Waals surface area contributed by atoms with E-state index in [-0.39, 0.29) is 12.3 Å². The van der Waals surface area contributed by atoms with Crippen LogP contribution in [0.2, 0.25) is 0 Å². The van der Waals surface area contributed by atoms with Crippen LogP contribution in [-0.4, -0.2) is 27.5 Å². The number of furan rings is 1. The Labute approximate surface area is 238 Å². The average molecular weight is 600 g/mol. The van der Waals surface area contributed by atoms with Crippen molar-refractivity contribution in [2.24, 2.45) is 5.92 Å². The summed E-state index contributed by atoms with van der Waals surface area (Å²) in [5, 5.41) is 1.89. The molecular weight excluding hydrogens is 579 g/mol. The Bertz CT molecular complexity index is 1730. The van der Waals surface area contributed by atoms with Gasteiger partial charge in [-0.3, -0.25) is 23.7 Å². The maximum atomic E-state index is 13.8. The van der Waals surface area contributed by atoms with Crippen molar-refractivity contribution in [2.45, 2.75) is 35.8 Å². The number of halogens is 3. The fourth-order valence-electron chi connectivity index (χ4n) is 5.16. The molecule has 0 aliphatic carbocycles. The Hall–Kier alpha value is -4.10. The molecule has 2 aliphatic heterocycles. The number of aryl methyl sites for hydroxylation is 1. The Morgan fingerprint density at radius 3 is 2.41 bits per heavy atom. The van der Waals surface area contributed by atoms with Gasteiger partial charge in [-0.15, -0.1) is 0 Å². The van der Waals surface area contributed by atoms with Crippen LogP contribution in [0.1, 0.15) is 27.7 Å². The van der Waals surface area contributed by atoms with Gasteiger partial charge in [-0.1, -0.05) is 52.9 Å². The van der Waals surface area contributed by atoms with E-state index < -0.39 is 57.1 Å². The van der Waals surface area contributed by atoms with Gasteiger partial charge < -0.3 is 9.73 Å². The number of nitrogens with one attached hydrogen (secondary N) is 1. The van der Waals surface area contributed by atoms with Crippen molar-refractivity contribution in [1.82, 2.24) is 4.57 Å². The number of hydrogen-bond donors (Lipinski definition) is 1. The van der Waals surface area contributed by atoms with Crippen LogP contribution in [-0.2, 0) is 27.1 Å². The molecule has 0 radical (unpaired) electrons. The second-order valence-electron chi connectivity index (χ2n) is 9.62. The second kappa shape index (κ2) is 10.1. The average Bonchev–Trinajstić information content (AvgIpc) is 3.62. The lowest BCUT2D eigenvalue weighted by Gasteiger charge is -2.29. The summed E-state index contributed by atoms with van der Waals surface area (Å²) < 4.78 is 48.4. The molecule has 3 amide bonds. The van der Waals surface area contributed by atoms with Crippen molar-refractivity contribution >= 4 is 52.2 Å². The Balaban J connectivity index is 1.40. The SMILES string of the molecule is Cc1ccc(NC(=O)Cn2c3c(sc2=O)[C@@H](c2ccco2)[C@@H]2C(=O)N(c4ccccc4C(F)(F)F)C(=O)[C@@H]2S3)cc1. The minimum Gasteiger partial charge on any atom is -0.469 e. The molecule has 0 spiro atoms. The molecule has 0 unspecified atom stereocenters. The molecule has 1 saturated heterocycles. The monoisotopic (exact) mass is 599 g/mol. The summed E-state index contributed by atoms with van der Waals surface area (Å²) in [7, 11) is 0. The highest BCUT2D eigenvalue weighted by atomic mass is 32.2. The van der Waals surface area contributed by atoms with Crippen LogP contribution in [0.3, 0.4) is 0 Å². The molecular formula is C28H20F3N3O5S2. The summed E-state index contributed by atoms with van der Waals surface area (Å²) in [5.41, 5.74) is -0.126. The van der Waals surface area contributed by atoms with Crippen LogP contribution >= 0.6 is 23.1 Å². The molecule has 2 aromatic carbocycles. The lowest BCUT2D eigenvalue weighted by Crippen LogP contribution is -2.33. The molecule has 210 valence electrons. The van der Waals surface area contributed by atoms with Crippen molar-refractivity contribution in [3.8, 4) is 0 Å². The lowest BCUT2D eigenvalue weighted by molar-refractivity contribution is -0.137. The number of hydrogen-bond acceptors (Lipinski definition) is 7. The van der Waals surface area contributed by atoms with E-state index in [0.717, 1.165) is 40.8 Å². The number of para-hydroxylation sites is 1. The number of thiazole rings is 1. The van der Waals surface area contributed by atoms with E-state index in [4.69, 9.17) is 4.42 Å². The first kappa shape index (κ1) is 27.1. The lowest BCUT2D eigenvalue weighted by atomic mass is 9.86. The molecule has 2 aliphatic rings. The van der Waals surface area contributed by atoms with Gasteiger partial charge in [0.05, 0.1) is 39.3 Å². The largest absolute Gasteiger partial charge is 0.469 e. The number of nitrogens with zero attached hydrogens (tertiary/aromatic N) is 2. The summed E-state index contributed by atoms with van der Waals surface area (Å²) in [6.45, 7) is 1.54. The van der Waals surface area contributed by atoms with Gasteiger partial charge in [0.1, 0.15) is 17.6 Å². The molecule has 13 heteroatoms. The fraction of sp³-hybridized carbons (Fsp3) is 0.214. The Kier molecular flexibility index (Phi) is 6.65. The predicted molar refractivity (Wildman–Crippen MR) is 146 cm³/mol. The van der Waals surface area contributed by atoms with Gasteiger partial charge in [0.25, 0.3) is 0 Å². The Morgan fingerprint density at radius 2 is 1.73 bits per heavy atom. The van der Waals surface area contributed by atoms with E-state index in [2.05, 4.69) is 5.32 Å². The molecule has 3 atom stereocenters. The molecule has 0 bridgehead atoms. The molecule has 1 N–H and O–H groups in total. The first-order valence-electron chi connectivity index (χ1n) is 12.4. The highest BCUT2D eigenvalue weighted by Crippen LogP contribution is 2.54. The maximum Gasteiger partial charge on any atom is 0.418 e. The van der Waals surface area contributed by atoms with Gasteiger partial charge in [0.15, 0.2) is 0 Å². The standard InChI is InChI=1S/C28H20F3N3O5S2/c1-14-8-10-15(11-9-14)32-19(35)13-33-26-23(41-27(33)38)20(18-7-4-12-39-18)21-22(40-26)25(37)34(24(21)36)17-6-3-2-5-16(17)28(29,30)31/h2-12,20-22H,13H2,1H3,(H,32,35)/t20-,21-,22+/m0/s1. The molecule has 8 nitrogen and oxygen atoms in total. The Morgan fingerprint density at radius 1 is 1.00 bits per heavy atom. The van der Waals surface area contributed by atoms with Crippen LogP contribution in [0.5, 0.6) is 0 Å². The first-order chi connectivity index (χ1) is 19.5. The van der Waals surface area contributed by atoms with Crippen molar-refractivity contribution in [3.63, 3.8) is 0 Å². The van der Waals surface area contributed by atoms with Crippen LogP contribution in [0, 0.1) is 12.8 Å². The third-order valence-electron chi connectivity index (χ3n) is 6.99. The number of alkyl halides is 3. The normalized spacial score (nSPS) is 20.2. The molecule has 4 aromatic rings. The number of imide groups is 1. The van der Waals surface area contributed by atoms with Crippen LogP contribution in [0.25, 0.3) is 0 Å². The third kappa shape index (κ3) is 4.68. The number of thioether (sulfide) groups is 1. The van der Waals surface area contributed by atoms with Gasteiger partial charge in [-0.05, 0) is 43.3 Å². The van der Waals surface area contributed by atoms with Gasteiger partial charge in [0.2, 0.25) is 17.7 Å². The zero-order chi connectivity index (χ0) is 29.1. The molecule has 0 saturated carbocycles. The number of carbonyl (C=O) groups excluding carboxylic acids is 3. The minimum absolute atomic E-state index is 0.283. The zero-order valence-electron chi connectivity index (χ0n) is 21.2. The smallest absolute Gasteiger partial charge is 0.418 e. The summed E-state index contributed by atoms with van der Waals surface area (Å²) in [6, 6.07) is 14.7. The third-order valence-corrected chi connectivity index (χ3v) is 9.59. The van der Waals surface area contributed by atoms with Gasteiger partial charge in [0, 0.05) is 5.69 Å². The highest BCUT2D eigenvalue weighted by Gasteiger charge is 2.58. The topological polar surface area (TPSA) is 102 Å². The maximum absolute atomic E-state index is 13.8. The van der Waals surface area contributed by atoms with Crippen LogP contribution in [0.15, 0.2) is 81.2 Å². The molecule has 4 heterocycles. The van der Waals surface area contributed by atoms with E-state index >= 15 is 0 Å². The summed E-state index contributed by atoms with van der Waals surface area (Å²) in [6.07, 6.45) is -3.43. The number of anilines is 2. The molecule has 2 aromatic heterocycles. The quantitative estimate of drug-likeness (QED) is 0.314. The number of fused-ring (bicyclic) bond motifs is 2. The number of amides is 3. The molecule has 41 heavy (non-hydrogen) atoms. The van der Waals surface area contributed by atoms with Crippen LogP contribution in [0.4, 0.5) is 24.5 Å². The summed E-state index contributed by atoms with van der Waals surface area (Å²) in [4.78, 5) is 54.0. The molecule has 6 rings (SSSR count). The second-order valence-corrected chi connectivity index (χ2v) is 11.7. The number of benzene rings is 2. The zero-order valence-corrected chi connectivity index (χ0v) is 22.8. The van der Waals surface area contributed by atoms with E-state index in [9.17, 15) is 32.3 Å². The number of rotatable bonds is 5. The van der Waals surface area contributed by atoms with E-state index in [1.54, 1.807) is 24.3 Å². The van der Waals surface area contributed by atoms with E-state index in [1.165, 1.54) is 23.0 Å². The van der Waals surface area contributed by atoms with E-state index in [0.29, 0.717) is 20.5 Å². The minimum atomic E-state index is -4.80. The summed E-state index contributed by atoms with van der Waals surface area (Å²) >= 11 is 1.72. The van der Waals surface area contributed by atoms with Gasteiger partial charge in [-0.25, -0.2) is 4.90 Å². The fourth-order valence-corrected chi connectivity index (χ4v) is 7.91. The van der Waals surface area contributed by atoms with Crippen molar-refractivity contribution in [3.05, 3.63) is 98.4 Å². The first-order valence-corrected chi connectivity index (χ1v) is 14.1. The van der Waals surface area contributed by atoms with Gasteiger partial charge in [-0.2, -0.15) is 13.2 Å². The number of carbonyl (C=O) groups is 3.